The third kappa shape index (κ3) is 15.1. The Morgan fingerprint density at radius 1 is 0.950 bits per heavy atom. The standard InChI is InChI=1S/C14H12N4.C14H26N2.3C2H6/c1-2-15-14-6-12-5-10(13-8-17-18-9-13)3-4-11(12)7-16-14;1-6-8-13(3)12-14(4)16(10-7-2)11-9-15-5;3*1-2/h2-9H,1H2,(H,15,16)(H,17,18);6,8,12,15H,1,7,9-11H2,2-5H3;3*1-2H3/b;13-8-,14-12+;;;. The van der Waals surface area contributed by atoms with Crippen molar-refractivity contribution in [1.82, 2.24) is 25.4 Å². The number of fused-ring (bicyclic) bond motifs is 1. The number of pyridine rings is 1. The molecule has 3 rings (SSSR count). The topological polar surface area (TPSA) is 68.9 Å². The summed E-state index contributed by atoms with van der Waals surface area (Å²) in [4.78, 5) is 6.70. The second-order valence-electron chi connectivity index (χ2n) is 7.99. The number of hydrogen-bond acceptors (Lipinski definition) is 5. The first kappa shape index (κ1) is 38.5. The number of anilines is 1. The van der Waals surface area contributed by atoms with Crippen LogP contribution in [-0.4, -0.2) is 46.8 Å². The molecule has 0 spiro atoms. The lowest BCUT2D eigenvalue weighted by Crippen LogP contribution is -2.30. The van der Waals surface area contributed by atoms with Crippen molar-refractivity contribution in [3.8, 4) is 11.1 Å². The van der Waals surface area contributed by atoms with E-state index in [2.05, 4.69) is 88.9 Å². The second-order valence-corrected chi connectivity index (χ2v) is 7.99. The molecule has 0 saturated carbocycles. The maximum absolute atomic E-state index is 4.29. The fourth-order valence-electron chi connectivity index (χ4n) is 3.55. The van der Waals surface area contributed by atoms with E-state index >= 15 is 0 Å². The molecule has 0 aliphatic heterocycles. The smallest absolute Gasteiger partial charge is 0.130 e. The van der Waals surface area contributed by atoms with E-state index in [0.29, 0.717) is 0 Å². The van der Waals surface area contributed by atoms with E-state index in [0.717, 1.165) is 47.4 Å². The van der Waals surface area contributed by atoms with Crippen molar-refractivity contribution in [2.45, 2.75) is 68.7 Å². The average Bonchev–Trinajstić information content (AvgIpc) is 3.54. The molecule has 0 aliphatic rings. The summed E-state index contributed by atoms with van der Waals surface area (Å²) in [5.74, 6) is 0.793. The molecule has 2 aromatic heterocycles. The van der Waals surface area contributed by atoms with Gasteiger partial charge in [0.25, 0.3) is 0 Å². The molecule has 3 N–H and O–H groups in total. The third-order valence-electron chi connectivity index (χ3n) is 5.24. The molecule has 0 aliphatic carbocycles. The molecule has 0 fully saturated rings. The number of aromatic nitrogens is 3. The normalized spacial score (nSPS) is 10.2. The summed E-state index contributed by atoms with van der Waals surface area (Å²) >= 11 is 0. The first-order chi connectivity index (χ1) is 19.5. The van der Waals surface area contributed by atoms with Crippen molar-refractivity contribution < 1.29 is 0 Å². The van der Waals surface area contributed by atoms with E-state index < -0.39 is 0 Å². The van der Waals surface area contributed by atoms with Gasteiger partial charge in [0.15, 0.2) is 0 Å². The zero-order valence-electron chi connectivity index (χ0n) is 26.9. The van der Waals surface area contributed by atoms with Gasteiger partial charge < -0.3 is 15.5 Å². The number of benzene rings is 1. The van der Waals surface area contributed by atoms with Crippen LogP contribution in [0, 0.1) is 0 Å². The predicted octanol–water partition coefficient (Wildman–Crippen LogP) is 9.21. The van der Waals surface area contributed by atoms with Gasteiger partial charge in [-0.3, -0.25) is 5.10 Å². The molecule has 0 amide bonds. The van der Waals surface area contributed by atoms with Gasteiger partial charge in [0, 0.05) is 48.7 Å². The van der Waals surface area contributed by atoms with Gasteiger partial charge in [0.1, 0.15) is 5.82 Å². The van der Waals surface area contributed by atoms with Crippen molar-refractivity contribution in [3.63, 3.8) is 0 Å². The summed E-state index contributed by atoms with van der Waals surface area (Å²) in [5, 5.41) is 15.2. The zero-order chi connectivity index (χ0) is 30.8. The minimum absolute atomic E-state index is 0.793. The van der Waals surface area contributed by atoms with Gasteiger partial charge in [-0.15, -0.1) is 0 Å². The van der Waals surface area contributed by atoms with Gasteiger partial charge in [-0.2, -0.15) is 5.10 Å². The van der Waals surface area contributed by atoms with Crippen LogP contribution in [0.4, 0.5) is 5.82 Å². The van der Waals surface area contributed by atoms with E-state index in [4.69, 9.17) is 0 Å². The molecule has 2 heterocycles. The lowest BCUT2D eigenvalue weighted by molar-refractivity contribution is 0.345. The molecule has 1 aromatic carbocycles. The Morgan fingerprint density at radius 2 is 1.65 bits per heavy atom. The number of H-pyrrole nitrogens is 1. The van der Waals surface area contributed by atoms with Crippen molar-refractivity contribution in [2.24, 2.45) is 0 Å². The van der Waals surface area contributed by atoms with Gasteiger partial charge in [0.2, 0.25) is 0 Å². The van der Waals surface area contributed by atoms with Crippen molar-refractivity contribution >= 4 is 16.6 Å². The van der Waals surface area contributed by atoms with Gasteiger partial charge in [-0.25, -0.2) is 4.98 Å². The number of nitrogens with one attached hydrogen (secondary N) is 3. The van der Waals surface area contributed by atoms with Crippen LogP contribution in [0.5, 0.6) is 0 Å². The molecule has 0 saturated heterocycles. The van der Waals surface area contributed by atoms with E-state index in [9.17, 15) is 0 Å². The molecule has 6 nitrogen and oxygen atoms in total. The minimum Gasteiger partial charge on any atom is -0.374 e. The Labute approximate surface area is 245 Å². The van der Waals surface area contributed by atoms with Crippen LogP contribution in [-0.2, 0) is 0 Å². The molecular formula is C34H56N6. The maximum atomic E-state index is 4.29. The third-order valence-corrected chi connectivity index (χ3v) is 5.24. The summed E-state index contributed by atoms with van der Waals surface area (Å²) in [6, 6.07) is 8.24. The van der Waals surface area contributed by atoms with Crippen LogP contribution in [0.25, 0.3) is 21.9 Å². The van der Waals surface area contributed by atoms with Gasteiger partial charge in [0.05, 0.1) is 6.20 Å². The van der Waals surface area contributed by atoms with Gasteiger partial charge in [-0.1, -0.05) is 85.9 Å². The molecule has 222 valence electrons. The molecule has 0 bridgehead atoms. The van der Waals surface area contributed by atoms with E-state index in [1.54, 1.807) is 6.20 Å². The number of rotatable bonds is 11. The number of aromatic amines is 1. The Morgan fingerprint density at radius 3 is 2.20 bits per heavy atom. The quantitative estimate of drug-likeness (QED) is 0.208. The Kier molecular flexibility index (Phi) is 24.7. The van der Waals surface area contributed by atoms with Crippen LogP contribution in [0.1, 0.15) is 68.7 Å². The summed E-state index contributed by atoms with van der Waals surface area (Å²) in [5.41, 5.74) is 4.78. The lowest BCUT2D eigenvalue weighted by Gasteiger charge is -2.25. The van der Waals surface area contributed by atoms with Crippen molar-refractivity contribution in [2.75, 3.05) is 32.0 Å². The number of likely N-dealkylation sites (N-methyl/N-ethyl adjacent to an activating group) is 1. The second kappa shape index (κ2) is 25.6. The number of hydrogen-bond donors (Lipinski definition) is 3. The number of allylic oxidation sites excluding steroid dienone is 5. The van der Waals surface area contributed by atoms with Crippen LogP contribution in [0.3, 0.4) is 0 Å². The summed E-state index contributed by atoms with van der Waals surface area (Å²) < 4.78 is 0. The van der Waals surface area contributed by atoms with Crippen LogP contribution < -0.4 is 10.6 Å². The lowest BCUT2D eigenvalue weighted by atomic mass is 10.1. The monoisotopic (exact) mass is 548 g/mol. The van der Waals surface area contributed by atoms with Crippen molar-refractivity contribution in [3.05, 3.63) is 91.7 Å². The fourth-order valence-corrected chi connectivity index (χ4v) is 3.55. The zero-order valence-corrected chi connectivity index (χ0v) is 26.9. The highest BCUT2D eigenvalue weighted by atomic mass is 15.1. The molecule has 0 unspecified atom stereocenters. The maximum Gasteiger partial charge on any atom is 0.130 e. The van der Waals surface area contributed by atoms with Gasteiger partial charge in [-0.05, 0) is 68.2 Å². The van der Waals surface area contributed by atoms with E-state index in [-0.39, 0.29) is 0 Å². The van der Waals surface area contributed by atoms with Crippen LogP contribution in [0.15, 0.2) is 91.7 Å². The molecule has 6 heteroatoms. The minimum atomic E-state index is 0.793. The van der Waals surface area contributed by atoms with Crippen molar-refractivity contribution in [1.29, 1.82) is 0 Å². The highest BCUT2D eigenvalue weighted by molar-refractivity contribution is 5.88. The molecule has 3 aromatic rings. The fraction of sp³-hybridized carbons (Fsp3) is 0.412. The van der Waals surface area contributed by atoms with E-state index in [1.165, 1.54) is 17.7 Å². The summed E-state index contributed by atoms with van der Waals surface area (Å²) in [6.07, 6.45) is 14.4. The highest BCUT2D eigenvalue weighted by Gasteiger charge is 2.03. The largest absolute Gasteiger partial charge is 0.374 e. The average molecular weight is 549 g/mol. The van der Waals surface area contributed by atoms with Crippen LogP contribution in [0.2, 0.25) is 0 Å². The first-order valence-corrected chi connectivity index (χ1v) is 14.7. The molecule has 40 heavy (non-hydrogen) atoms. The SMILES string of the molecule is C=C/C=C(C)\C=C(/C)N(CCC)CCNC.C=CNc1cc2cc(-c3cn[nH]c3)ccc2cn1.CC.CC.CC. The Bertz CT molecular complexity index is 1100. The first-order valence-electron chi connectivity index (χ1n) is 14.7. The number of nitrogens with zero attached hydrogens (tertiary/aromatic N) is 3. The van der Waals surface area contributed by atoms with Crippen LogP contribution >= 0.6 is 0 Å². The molecule has 0 radical (unpaired) electrons. The molecular weight excluding hydrogens is 492 g/mol. The van der Waals surface area contributed by atoms with Gasteiger partial charge >= 0.3 is 0 Å². The highest BCUT2D eigenvalue weighted by Crippen LogP contribution is 2.24. The Hall–Kier alpha value is -3.64. The molecule has 0 atom stereocenters. The summed E-state index contributed by atoms with van der Waals surface area (Å²) in [7, 11) is 1.99. The predicted molar refractivity (Wildman–Crippen MR) is 181 cm³/mol. The Balaban J connectivity index is 0. The summed E-state index contributed by atoms with van der Waals surface area (Å²) in [6.45, 7) is 29.0. The van der Waals surface area contributed by atoms with E-state index in [1.807, 2.05) is 85.4 Å².